The van der Waals surface area contributed by atoms with Crippen molar-refractivity contribution in [3.8, 4) is 0 Å². The minimum atomic E-state index is -0.212. The summed E-state index contributed by atoms with van der Waals surface area (Å²) in [6.07, 6.45) is 3.66. The Morgan fingerprint density at radius 1 is 1.24 bits per heavy atom. The van der Waals surface area contributed by atoms with E-state index in [1.807, 2.05) is 0 Å². The monoisotopic (exact) mass is 398 g/mol. The van der Waals surface area contributed by atoms with Gasteiger partial charge in [-0.15, -0.1) is 5.10 Å². The molecule has 0 radical (unpaired) electrons. The van der Waals surface area contributed by atoms with Crippen molar-refractivity contribution < 1.29 is 14.1 Å². The molecule has 11 nitrogen and oxygen atoms in total. The third kappa shape index (κ3) is 3.41. The number of carbonyl (C=O) groups excluding carboxylic acids is 1. The standard InChI is InChI=1S/C18H22N8O3/c1-12-8-14(22-29-12)18(27)25-6-7-28-13(9-25)10-26-17-15(21-23-26)16(19-11-20-17)24-4-2-3-5-24/h8,11,13H,2-7,9-10H2,1H3/t13-/m1/s1. The Morgan fingerprint density at radius 2 is 2.10 bits per heavy atom. The molecule has 0 saturated carbocycles. The Kier molecular flexibility index (Phi) is 4.58. The number of hydrogen-bond donors (Lipinski definition) is 0. The molecule has 29 heavy (non-hydrogen) atoms. The van der Waals surface area contributed by atoms with Crippen molar-refractivity contribution in [1.82, 2.24) is 35.0 Å². The molecule has 3 aromatic rings. The Labute approximate surface area is 166 Å². The van der Waals surface area contributed by atoms with Crippen LogP contribution in [0.4, 0.5) is 5.82 Å². The van der Waals surface area contributed by atoms with Gasteiger partial charge in [-0.2, -0.15) is 0 Å². The molecule has 2 fully saturated rings. The number of nitrogens with zero attached hydrogens (tertiary/aromatic N) is 8. The Morgan fingerprint density at radius 3 is 2.90 bits per heavy atom. The molecule has 2 saturated heterocycles. The Bertz CT molecular complexity index is 1030. The maximum Gasteiger partial charge on any atom is 0.276 e. The van der Waals surface area contributed by atoms with Crippen LogP contribution in [0.3, 0.4) is 0 Å². The van der Waals surface area contributed by atoms with Gasteiger partial charge in [-0.3, -0.25) is 4.79 Å². The van der Waals surface area contributed by atoms with Crippen LogP contribution in [0.15, 0.2) is 16.9 Å². The van der Waals surface area contributed by atoms with E-state index in [1.54, 1.807) is 28.9 Å². The molecule has 0 bridgehead atoms. The summed E-state index contributed by atoms with van der Waals surface area (Å²) in [7, 11) is 0. The fraction of sp³-hybridized carbons (Fsp3) is 0.556. The zero-order chi connectivity index (χ0) is 19.8. The van der Waals surface area contributed by atoms with Gasteiger partial charge in [-0.25, -0.2) is 14.6 Å². The lowest BCUT2D eigenvalue weighted by molar-refractivity contribution is -0.0300. The van der Waals surface area contributed by atoms with Crippen LogP contribution in [0, 0.1) is 6.92 Å². The maximum atomic E-state index is 12.7. The van der Waals surface area contributed by atoms with E-state index in [4.69, 9.17) is 9.26 Å². The number of fused-ring (bicyclic) bond motifs is 1. The van der Waals surface area contributed by atoms with Crippen LogP contribution in [0.1, 0.15) is 29.1 Å². The molecule has 5 rings (SSSR count). The molecule has 0 aliphatic carbocycles. The molecule has 152 valence electrons. The van der Waals surface area contributed by atoms with Crippen LogP contribution < -0.4 is 4.90 Å². The summed E-state index contributed by atoms with van der Waals surface area (Å²) in [4.78, 5) is 25.4. The van der Waals surface area contributed by atoms with Crippen molar-refractivity contribution in [2.75, 3.05) is 37.7 Å². The number of amides is 1. The van der Waals surface area contributed by atoms with Crippen LogP contribution in [-0.2, 0) is 11.3 Å². The first kappa shape index (κ1) is 18.0. The zero-order valence-electron chi connectivity index (χ0n) is 16.2. The lowest BCUT2D eigenvalue weighted by Crippen LogP contribution is -2.47. The minimum absolute atomic E-state index is 0.155. The predicted octanol–water partition coefficient (Wildman–Crippen LogP) is 0.659. The van der Waals surface area contributed by atoms with E-state index in [0.717, 1.165) is 31.7 Å². The molecule has 0 N–H and O–H groups in total. The quantitative estimate of drug-likeness (QED) is 0.625. The molecule has 1 atom stereocenters. The van der Waals surface area contributed by atoms with E-state index in [0.29, 0.717) is 48.9 Å². The number of rotatable bonds is 4. The lowest BCUT2D eigenvalue weighted by Gasteiger charge is -2.32. The number of anilines is 1. The first-order chi connectivity index (χ1) is 14.2. The second-order valence-electron chi connectivity index (χ2n) is 7.40. The van der Waals surface area contributed by atoms with Gasteiger partial charge in [0.2, 0.25) is 0 Å². The van der Waals surface area contributed by atoms with E-state index >= 15 is 0 Å². The molecule has 0 unspecified atom stereocenters. The summed E-state index contributed by atoms with van der Waals surface area (Å²) in [5.41, 5.74) is 1.70. The fourth-order valence-corrected chi connectivity index (χ4v) is 3.90. The molecule has 2 aliphatic rings. The van der Waals surface area contributed by atoms with Crippen LogP contribution in [-0.4, -0.2) is 79.8 Å². The molecule has 1 amide bonds. The third-order valence-electron chi connectivity index (χ3n) is 5.34. The van der Waals surface area contributed by atoms with Crippen LogP contribution in [0.5, 0.6) is 0 Å². The maximum absolute atomic E-state index is 12.7. The molecule has 0 aromatic carbocycles. The van der Waals surface area contributed by atoms with Gasteiger partial charge < -0.3 is 19.1 Å². The van der Waals surface area contributed by atoms with Gasteiger partial charge in [0.15, 0.2) is 22.7 Å². The summed E-state index contributed by atoms with van der Waals surface area (Å²) in [6, 6.07) is 1.65. The fourth-order valence-electron chi connectivity index (χ4n) is 3.90. The zero-order valence-corrected chi connectivity index (χ0v) is 16.2. The lowest BCUT2D eigenvalue weighted by atomic mass is 10.2. The first-order valence-corrected chi connectivity index (χ1v) is 9.82. The number of morpholine rings is 1. The number of aromatic nitrogens is 6. The summed E-state index contributed by atoms with van der Waals surface area (Å²) in [5, 5.41) is 12.4. The number of ether oxygens (including phenoxy) is 1. The topological polar surface area (TPSA) is 115 Å². The average Bonchev–Trinajstić information content (AvgIpc) is 3.49. The molecule has 2 aliphatic heterocycles. The van der Waals surface area contributed by atoms with Crippen LogP contribution in [0.25, 0.3) is 11.2 Å². The largest absolute Gasteiger partial charge is 0.373 e. The highest BCUT2D eigenvalue weighted by molar-refractivity contribution is 5.92. The second-order valence-corrected chi connectivity index (χ2v) is 7.40. The predicted molar refractivity (Wildman–Crippen MR) is 101 cm³/mol. The highest BCUT2D eigenvalue weighted by Crippen LogP contribution is 2.24. The SMILES string of the molecule is Cc1cc(C(=O)N2CCO[C@@H](Cn3nnc4c(N5CCCC5)ncnc43)C2)no1. The normalized spacial score (nSPS) is 20.0. The van der Waals surface area contributed by atoms with Gasteiger partial charge in [-0.1, -0.05) is 10.4 Å². The van der Waals surface area contributed by atoms with Gasteiger partial charge in [0.25, 0.3) is 5.91 Å². The van der Waals surface area contributed by atoms with Crippen molar-refractivity contribution in [3.05, 3.63) is 23.8 Å². The molecular formula is C18H22N8O3. The molecule has 3 aromatic heterocycles. The van der Waals surface area contributed by atoms with E-state index in [2.05, 4.69) is 30.3 Å². The van der Waals surface area contributed by atoms with Gasteiger partial charge in [0.1, 0.15) is 12.1 Å². The van der Waals surface area contributed by atoms with Gasteiger partial charge >= 0.3 is 0 Å². The smallest absolute Gasteiger partial charge is 0.276 e. The summed E-state index contributed by atoms with van der Waals surface area (Å²) in [6.45, 7) is 5.58. The second kappa shape index (κ2) is 7.39. The number of carbonyl (C=O) groups is 1. The first-order valence-electron chi connectivity index (χ1n) is 9.82. The van der Waals surface area contributed by atoms with Gasteiger partial charge in [0.05, 0.1) is 19.3 Å². The van der Waals surface area contributed by atoms with E-state index in [9.17, 15) is 4.79 Å². The molecule has 0 spiro atoms. The van der Waals surface area contributed by atoms with E-state index in [-0.39, 0.29) is 12.0 Å². The Hall–Kier alpha value is -3.08. The third-order valence-corrected chi connectivity index (χ3v) is 5.34. The minimum Gasteiger partial charge on any atom is -0.373 e. The van der Waals surface area contributed by atoms with Crippen molar-refractivity contribution >= 4 is 22.9 Å². The highest BCUT2D eigenvalue weighted by Gasteiger charge is 2.28. The van der Waals surface area contributed by atoms with Crippen molar-refractivity contribution in [2.24, 2.45) is 0 Å². The van der Waals surface area contributed by atoms with Crippen LogP contribution in [0.2, 0.25) is 0 Å². The number of hydrogen-bond acceptors (Lipinski definition) is 9. The van der Waals surface area contributed by atoms with Gasteiger partial charge in [-0.05, 0) is 19.8 Å². The molecule has 5 heterocycles. The summed E-state index contributed by atoms with van der Waals surface area (Å²) < 4.78 is 12.6. The summed E-state index contributed by atoms with van der Waals surface area (Å²) in [5.74, 6) is 1.29. The van der Waals surface area contributed by atoms with Gasteiger partial charge in [0, 0.05) is 32.2 Å². The van der Waals surface area contributed by atoms with E-state index in [1.165, 1.54) is 0 Å². The van der Waals surface area contributed by atoms with E-state index < -0.39 is 0 Å². The molecular weight excluding hydrogens is 376 g/mol. The van der Waals surface area contributed by atoms with Crippen LogP contribution >= 0.6 is 0 Å². The molecule has 11 heteroatoms. The van der Waals surface area contributed by atoms with Crippen molar-refractivity contribution in [2.45, 2.75) is 32.4 Å². The summed E-state index contributed by atoms with van der Waals surface area (Å²) >= 11 is 0. The number of aryl methyl sites for hydroxylation is 1. The highest BCUT2D eigenvalue weighted by atomic mass is 16.5. The van der Waals surface area contributed by atoms with Crippen molar-refractivity contribution in [3.63, 3.8) is 0 Å². The average molecular weight is 398 g/mol. The Balaban J connectivity index is 1.33. The van der Waals surface area contributed by atoms with Crippen molar-refractivity contribution in [1.29, 1.82) is 0 Å².